The molecule has 3 nitrogen and oxygen atoms in total. The lowest BCUT2D eigenvalue weighted by Gasteiger charge is -2.07. The fourth-order valence-electron chi connectivity index (χ4n) is 3.14. The second-order valence-electron chi connectivity index (χ2n) is 5.85. The number of aromatic nitrogens is 2. The molecule has 0 unspecified atom stereocenters. The highest BCUT2D eigenvalue weighted by atomic mass is 16.5. The minimum Gasteiger partial charge on any atom is -0.497 e. The van der Waals surface area contributed by atoms with E-state index in [0.29, 0.717) is 5.76 Å². The molecule has 4 rings (SSSR count). The van der Waals surface area contributed by atoms with Crippen LogP contribution in [0.1, 0.15) is 5.56 Å². The van der Waals surface area contributed by atoms with E-state index in [1.54, 1.807) is 7.11 Å². The van der Waals surface area contributed by atoms with Gasteiger partial charge in [0.05, 0.1) is 18.1 Å². The number of aryl methyl sites for hydroxylation is 1. The van der Waals surface area contributed by atoms with Crippen molar-refractivity contribution in [3.8, 4) is 11.4 Å². The molecule has 0 bridgehead atoms. The first-order valence-corrected chi connectivity index (χ1v) is 7.87. The summed E-state index contributed by atoms with van der Waals surface area (Å²) in [4.78, 5) is 4.85. The predicted octanol–water partition coefficient (Wildman–Crippen LogP) is 5.01. The lowest BCUT2D eigenvalue weighted by molar-refractivity contribution is 0.371. The molecule has 0 fully saturated rings. The van der Waals surface area contributed by atoms with E-state index in [1.807, 2.05) is 19.2 Å². The Kier molecular flexibility index (Phi) is 3.35. The summed E-state index contributed by atoms with van der Waals surface area (Å²) >= 11 is 0. The van der Waals surface area contributed by atoms with E-state index in [-0.39, 0.29) is 0 Å². The lowest BCUT2D eigenvalue weighted by Crippen LogP contribution is -1.94. The second-order valence-corrected chi connectivity index (χ2v) is 5.85. The van der Waals surface area contributed by atoms with Crippen molar-refractivity contribution < 1.29 is 4.74 Å². The largest absolute Gasteiger partial charge is 0.497 e. The monoisotopic (exact) mass is 314 g/mol. The van der Waals surface area contributed by atoms with Gasteiger partial charge in [0.1, 0.15) is 11.6 Å². The molecule has 0 aliphatic heterocycles. The van der Waals surface area contributed by atoms with Crippen LogP contribution in [0.4, 0.5) is 0 Å². The second kappa shape index (κ2) is 5.53. The van der Waals surface area contributed by atoms with Crippen molar-refractivity contribution in [2.24, 2.45) is 7.05 Å². The topological polar surface area (TPSA) is 27.1 Å². The van der Waals surface area contributed by atoms with E-state index >= 15 is 0 Å². The van der Waals surface area contributed by atoms with Crippen LogP contribution in [0.3, 0.4) is 0 Å². The number of nitrogens with zero attached hydrogens (tertiary/aromatic N) is 2. The Balaban J connectivity index is 1.97. The Morgan fingerprint density at radius 3 is 2.67 bits per heavy atom. The van der Waals surface area contributed by atoms with Crippen molar-refractivity contribution in [1.29, 1.82) is 0 Å². The first-order chi connectivity index (χ1) is 11.7. The highest BCUT2D eigenvalue weighted by Crippen LogP contribution is 2.31. The third-order valence-corrected chi connectivity index (χ3v) is 4.48. The molecule has 24 heavy (non-hydrogen) atoms. The molecule has 3 aromatic carbocycles. The van der Waals surface area contributed by atoms with Crippen LogP contribution >= 0.6 is 0 Å². The van der Waals surface area contributed by atoms with Gasteiger partial charge in [0, 0.05) is 18.2 Å². The third-order valence-electron chi connectivity index (χ3n) is 4.48. The molecule has 0 N–H and O–H groups in total. The molecule has 0 atom stereocenters. The van der Waals surface area contributed by atoms with E-state index in [1.165, 1.54) is 10.8 Å². The molecule has 0 amide bonds. The van der Waals surface area contributed by atoms with Gasteiger partial charge in [-0.15, -0.1) is 0 Å². The highest BCUT2D eigenvalue weighted by molar-refractivity contribution is 5.97. The standard InChI is InChI=1S/C21H18N2O/c1-14(24-3)16-11-12-19-20(13-16)23(2)21(22-19)18-10-6-8-15-7-4-5-9-17(15)18/h4-13H,1H2,2-3H3. The number of hydrogen-bond acceptors (Lipinski definition) is 2. The van der Waals surface area contributed by atoms with Gasteiger partial charge >= 0.3 is 0 Å². The van der Waals surface area contributed by atoms with Gasteiger partial charge in [-0.2, -0.15) is 0 Å². The Labute approximate surface area is 140 Å². The molecule has 4 aromatic rings. The molecular weight excluding hydrogens is 296 g/mol. The number of fused-ring (bicyclic) bond motifs is 2. The minimum absolute atomic E-state index is 0.657. The summed E-state index contributed by atoms with van der Waals surface area (Å²) in [6.07, 6.45) is 0. The summed E-state index contributed by atoms with van der Waals surface area (Å²) in [7, 11) is 3.68. The quantitative estimate of drug-likeness (QED) is 0.497. The zero-order chi connectivity index (χ0) is 16.7. The molecule has 1 heterocycles. The fraction of sp³-hybridized carbons (Fsp3) is 0.0952. The van der Waals surface area contributed by atoms with Gasteiger partial charge in [-0.25, -0.2) is 4.98 Å². The van der Waals surface area contributed by atoms with Crippen LogP contribution in [0.15, 0.2) is 67.2 Å². The van der Waals surface area contributed by atoms with Gasteiger partial charge in [-0.1, -0.05) is 49.0 Å². The molecule has 1 aromatic heterocycles. The maximum Gasteiger partial charge on any atom is 0.141 e. The first kappa shape index (κ1) is 14.5. The van der Waals surface area contributed by atoms with Crippen LogP contribution < -0.4 is 0 Å². The molecule has 0 saturated carbocycles. The van der Waals surface area contributed by atoms with Crippen LogP contribution in [-0.2, 0) is 11.8 Å². The van der Waals surface area contributed by atoms with E-state index < -0.39 is 0 Å². The number of hydrogen-bond donors (Lipinski definition) is 0. The Morgan fingerprint density at radius 1 is 1.04 bits per heavy atom. The summed E-state index contributed by atoms with van der Waals surface area (Å²) < 4.78 is 7.38. The van der Waals surface area contributed by atoms with Gasteiger partial charge in [0.2, 0.25) is 0 Å². The average Bonchev–Trinajstić information content (AvgIpc) is 2.96. The van der Waals surface area contributed by atoms with Crippen LogP contribution in [0.25, 0.3) is 39.0 Å². The van der Waals surface area contributed by atoms with Crippen LogP contribution in [0, 0.1) is 0 Å². The molecule has 0 radical (unpaired) electrons. The third kappa shape index (κ3) is 2.17. The van der Waals surface area contributed by atoms with Crippen molar-refractivity contribution in [3.05, 3.63) is 72.8 Å². The fourth-order valence-corrected chi connectivity index (χ4v) is 3.14. The molecule has 0 aliphatic carbocycles. The van der Waals surface area contributed by atoms with Crippen molar-refractivity contribution >= 4 is 27.6 Å². The van der Waals surface area contributed by atoms with Crippen LogP contribution in [0.2, 0.25) is 0 Å². The Hall–Kier alpha value is -3.07. The van der Waals surface area contributed by atoms with E-state index in [0.717, 1.165) is 28.0 Å². The summed E-state index contributed by atoms with van der Waals surface area (Å²) in [5.74, 6) is 1.62. The van der Waals surface area contributed by atoms with Crippen molar-refractivity contribution in [2.75, 3.05) is 7.11 Å². The number of imidazole rings is 1. The molecule has 3 heteroatoms. The van der Waals surface area contributed by atoms with Crippen LogP contribution in [-0.4, -0.2) is 16.7 Å². The number of benzene rings is 3. The number of rotatable bonds is 3. The van der Waals surface area contributed by atoms with Gasteiger partial charge in [0.15, 0.2) is 0 Å². The Bertz CT molecular complexity index is 1070. The van der Waals surface area contributed by atoms with E-state index in [9.17, 15) is 0 Å². The van der Waals surface area contributed by atoms with Gasteiger partial charge in [-0.05, 0) is 29.0 Å². The lowest BCUT2D eigenvalue weighted by atomic mass is 10.0. The normalized spacial score (nSPS) is 11.1. The summed E-state index contributed by atoms with van der Waals surface area (Å²) in [5, 5.41) is 2.43. The highest BCUT2D eigenvalue weighted by Gasteiger charge is 2.13. The first-order valence-electron chi connectivity index (χ1n) is 7.87. The van der Waals surface area contributed by atoms with Crippen LogP contribution in [0.5, 0.6) is 0 Å². The maximum absolute atomic E-state index is 5.25. The number of ether oxygens (including phenoxy) is 1. The van der Waals surface area contributed by atoms with E-state index in [4.69, 9.17) is 9.72 Å². The molecular formula is C21H18N2O. The molecule has 118 valence electrons. The zero-order valence-corrected chi connectivity index (χ0v) is 13.8. The van der Waals surface area contributed by atoms with Gasteiger partial charge in [-0.3, -0.25) is 0 Å². The smallest absolute Gasteiger partial charge is 0.141 e. The van der Waals surface area contributed by atoms with E-state index in [2.05, 4.69) is 59.7 Å². The van der Waals surface area contributed by atoms with Gasteiger partial charge in [0.25, 0.3) is 0 Å². The number of methoxy groups -OCH3 is 1. The average molecular weight is 314 g/mol. The SMILES string of the molecule is C=C(OC)c1ccc2nc(-c3cccc4ccccc34)n(C)c2c1. The Morgan fingerprint density at radius 2 is 1.83 bits per heavy atom. The summed E-state index contributed by atoms with van der Waals surface area (Å²) in [5.41, 5.74) is 4.14. The molecule has 0 spiro atoms. The van der Waals surface area contributed by atoms with Crippen molar-refractivity contribution in [1.82, 2.24) is 9.55 Å². The predicted molar refractivity (Wildman–Crippen MR) is 99.7 cm³/mol. The van der Waals surface area contributed by atoms with Gasteiger partial charge < -0.3 is 9.30 Å². The summed E-state index contributed by atoms with van der Waals surface area (Å²) in [6, 6.07) is 20.8. The van der Waals surface area contributed by atoms with Crippen molar-refractivity contribution in [3.63, 3.8) is 0 Å². The molecule has 0 saturated heterocycles. The minimum atomic E-state index is 0.657. The summed E-state index contributed by atoms with van der Waals surface area (Å²) in [6.45, 7) is 3.93. The maximum atomic E-state index is 5.25. The molecule has 0 aliphatic rings. The van der Waals surface area contributed by atoms with Crippen molar-refractivity contribution in [2.45, 2.75) is 0 Å². The zero-order valence-electron chi connectivity index (χ0n) is 13.8.